The van der Waals surface area contributed by atoms with Crippen LogP contribution in [0.25, 0.3) is 0 Å². The van der Waals surface area contributed by atoms with E-state index in [2.05, 4.69) is 21.2 Å². The van der Waals surface area contributed by atoms with Gasteiger partial charge in [-0.05, 0) is 55.7 Å². The number of amides is 2. The van der Waals surface area contributed by atoms with Gasteiger partial charge in [-0.1, -0.05) is 64.3 Å². The second-order valence-electron chi connectivity index (χ2n) is 7.37. The number of nitrogens with one attached hydrogen (secondary N) is 1. The minimum absolute atomic E-state index is 0.0548. The fourth-order valence-electron chi connectivity index (χ4n) is 2.85. The van der Waals surface area contributed by atoms with E-state index in [0.29, 0.717) is 22.3 Å². The van der Waals surface area contributed by atoms with Gasteiger partial charge in [0, 0.05) is 32.9 Å². The minimum Gasteiger partial charge on any atom is -0.352 e. The van der Waals surface area contributed by atoms with Crippen molar-refractivity contribution in [3.8, 4) is 0 Å². The van der Waals surface area contributed by atoms with Crippen molar-refractivity contribution in [3.05, 3.63) is 68.1 Å². The molecule has 0 radical (unpaired) electrons. The molecule has 0 aliphatic carbocycles. The number of halogens is 3. The fourth-order valence-corrected chi connectivity index (χ4v) is 4.77. The number of carbonyl (C=O) groups excluding carboxylic acids is 2. The van der Waals surface area contributed by atoms with Crippen molar-refractivity contribution >= 4 is 62.7 Å². The van der Waals surface area contributed by atoms with E-state index in [-0.39, 0.29) is 23.6 Å². The molecule has 0 bridgehead atoms. The first-order valence-electron chi connectivity index (χ1n) is 10.1. The highest BCUT2D eigenvalue weighted by molar-refractivity contribution is 9.10. The summed E-state index contributed by atoms with van der Waals surface area (Å²) >= 11 is 17.1. The molecule has 31 heavy (non-hydrogen) atoms. The van der Waals surface area contributed by atoms with Crippen molar-refractivity contribution in [2.24, 2.45) is 0 Å². The largest absolute Gasteiger partial charge is 0.352 e. The van der Waals surface area contributed by atoms with Crippen LogP contribution < -0.4 is 5.32 Å². The van der Waals surface area contributed by atoms with Crippen molar-refractivity contribution in [2.45, 2.75) is 51.6 Å². The molecule has 0 heterocycles. The van der Waals surface area contributed by atoms with Crippen LogP contribution >= 0.6 is 50.9 Å². The van der Waals surface area contributed by atoms with Gasteiger partial charge in [0.2, 0.25) is 11.8 Å². The average Bonchev–Trinajstić information content (AvgIpc) is 2.72. The molecule has 0 fully saturated rings. The first-order valence-corrected chi connectivity index (χ1v) is 12.8. The van der Waals surface area contributed by atoms with Gasteiger partial charge < -0.3 is 10.2 Å². The highest BCUT2D eigenvalue weighted by Crippen LogP contribution is 2.25. The van der Waals surface area contributed by atoms with Gasteiger partial charge in [0.05, 0.1) is 5.75 Å². The lowest BCUT2D eigenvalue weighted by atomic mass is 10.1. The highest BCUT2D eigenvalue weighted by Gasteiger charge is 2.26. The van der Waals surface area contributed by atoms with E-state index in [0.717, 1.165) is 22.0 Å². The van der Waals surface area contributed by atoms with E-state index in [1.54, 1.807) is 24.0 Å². The Morgan fingerprint density at radius 1 is 1.16 bits per heavy atom. The van der Waals surface area contributed by atoms with E-state index in [9.17, 15) is 9.59 Å². The maximum absolute atomic E-state index is 13.1. The lowest BCUT2D eigenvalue weighted by Crippen LogP contribution is -2.50. The topological polar surface area (TPSA) is 49.4 Å². The Kier molecular flexibility index (Phi) is 10.7. The SMILES string of the molecule is CCC(C)NC(=O)C(C)N(Cc1cccc(Br)c1)C(=O)CSCc1ccc(Cl)cc1Cl. The Hall–Kier alpha value is -1.21. The van der Waals surface area contributed by atoms with Gasteiger partial charge in [-0.2, -0.15) is 0 Å². The average molecular weight is 546 g/mol. The molecular weight excluding hydrogens is 519 g/mol. The first-order chi connectivity index (χ1) is 14.7. The van der Waals surface area contributed by atoms with Crippen LogP contribution in [0.5, 0.6) is 0 Å². The van der Waals surface area contributed by atoms with Crippen LogP contribution in [0.2, 0.25) is 10.0 Å². The van der Waals surface area contributed by atoms with E-state index in [1.807, 2.05) is 44.2 Å². The molecule has 4 nitrogen and oxygen atoms in total. The summed E-state index contributed by atoms with van der Waals surface area (Å²) in [5.74, 6) is 0.582. The summed E-state index contributed by atoms with van der Waals surface area (Å²) in [6.07, 6.45) is 0.829. The van der Waals surface area contributed by atoms with Crippen LogP contribution in [-0.4, -0.2) is 34.6 Å². The van der Waals surface area contributed by atoms with Crippen molar-refractivity contribution in [2.75, 3.05) is 5.75 Å². The van der Waals surface area contributed by atoms with E-state index in [1.165, 1.54) is 11.8 Å². The third-order valence-corrected chi connectivity index (χ3v) is 6.95. The number of hydrogen-bond acceptors (Lipinski definition) is 3. The molecule has 0 saturated carbocycles. The summed E-state index contributed by atoms with van der Waals surface area (Å²) in [5, 5.41) is 4.14. The molecule has 2 rings (SSSR count). The standard InChI is InChI=1S/C23H27BrCl2N2O2S/c1-4-15(2)27-23(30)16(3)28(12-17-6-5-7-19(24)10-17)22(29)14-31-13-18-8-9-20(25)11-21(18)26/h5-11,15-16H,4,12-14H2,1-3H3,(H,27,30). The van der Waals surface area contributed by atoms with Gasteiger partial charge in [0.15, 0.2) is 0 Å². The summed E-state index contributed by atoms with van der Waals surface area (Å²) in [6, 6.07) is 12.6. The zero-order chi connectivity index (χ0) is 23.0. The van der Waals surface area contributed by atoms with Gasteiger partial charge in [-0.3, -0.25) is 9.59 Å². The van der Waals surface area contributed by atoms with Crippen LogP contribution in [0.1, 0.15) is 38.3 Å². The summed E-state index contributed by atoms with van der Waals surface area (Å²) in [6.45, 7) is 6.10. The summed E-state index contributed by atoms with van der Waals surface area (Å²) in [5.41, 5.74) is 1.88. The maximum Gasteiger partial charge on any atom is 0.242 e. The van der Waals surface area contributed by atoms with Gasteiger partial charge in [-0.15, -0.1) is 11.8 Å². The van der Waals surface area contributed by atoms with Crippen LogP contribution in [0.15, 0.2) is 46.9 Å². The Balaban J connectivity index is 2.10. The van der Waals surface area contributed by atoms with Crippen molar-refractivity contribution in [1.29, 1.82) is 0 Å². The lowest BCUT2D eigenvalue weighted by molar-refractivity contribution is -0.138. The molecule has 0 spiro atoms. The van der Waals surface area contributed by atoms with Crippen LogP contribution in [0.3, 0.4) is 0 Å². The number of hydrogen-bond donors (Lipinski definition) is 1. The Labute approximate surface area is 207 Å². The number of rotatable bonds is 10. The fraction of sp³-hybridized carbons (Fsp3) is 0.391. The molecule has 0 saturated heterocycles. The summed E-state index contributed by atoms with van der Waals surface area (Å²) in [7, 11) is 0. The van der Waals surface area contributed by atoms with Crippen LogP contribution in [-0.2, 0) is 21.9 Å². The second-order valence-corrected chi connectivity index (χ2v) is 10.1. The van der Waals surface area contributed by atoms with Gasteiger partial charge in [0.1, 0.15) is 6.04 Å². The summed E-state index contributed by atoms with van der Waals surface area (Å²) in [4.78, 5) is 27.5. The quantitative estimate of drug-likeness (QED) is 0.380. The molecule has 0 aliphatic heterocycles. The van der Waals surface area contributed by atoms with Gasteiger partial charge >= 0.3 is 0 Å². The van der Waals surface area contributed by atoms with Gasteiger partial charge in [-0.25, -0.2) is 0 Å². The minimum atomic E-state index is -0.583. The molecule has 0 aliphatic rings. The zero-order valence-electron chi connectivity index (χ0n) is 17.8. The van der Waals surface area contributed by atoms with Crippen LogP contribution in [0.4, 0.5) is 0 Å². The number of thioether (sulfide) groups is 1. The molecule has 1 N–H and O–H groups in total. The van der Waals surface area contributed by atoms with Crippen LogP contribution in [0, 0.1) is 0 Å². The Morgan fingerprint density at radius 3 is 2.55 bits per heavy atom. The highest BCUT2D eigenvalue weighted by atomic mass is 79.9. The normalized spacial score (nSPS) is 12.8. The van der Waals surface area contributed by atoms with Crippen molar-refractivity contribution < 1.29 is 9.59 Å². The lowest BCUT2D eigenvalue weighted by Gasteiger charge is -2.29. The van der Waals surface area contributed by atoms with E-state index >= 15 is 0 Å². The third-order valence-electron chi connectivity index (χ3n) is 4.91. The molecule has 2 atom stereocenters. The molecule has 2 unspecified atom stereocenters. The molecule has 8 heteroatoms. The predicted octanol–water partition coefficient (Wildman–Crippen LogP) is 6.32. The molecular formula is C23H27BrCl2N2O2S. The smallest absolute Gasteiger partial charge is 0.242 e. The first kappa shape index (κ1) is 26.0. The van der Waals surface area contributed by atoms with E-state index < -0.39 is 6.04 Å². The van der Waals surface area contributed by atoms with Crippen molar-refractivity contribution in [1.82, 2.24) is 10.2 Å². The Morgan fingerprint density at radius 2 is 1.90 bits per heavy atom. The van der Waals surface area contributed by atoms with Crippen molar-refractivity contribution in [3.63, 3.8) is 0 Å². The second kappa shape index (κ2) is 12.7. The predicted molar refractivity (Wildman–Crippen MR) is 135 cm³/mol. The third kappa shape index (κ3) is 8.33. The molecule has 2 aromatic carbocycles. The molecule has 2 aromatic rings. The Bertz CT molecular complexity index is 913. The number of carbonyl (C=O) groups is 2. The van der Waals surface area contributed by atoms with E-state index in [4.69, 9.17) is 23.2 Å². The monoisotopic (exact) mass is 544 g/mol. The zero-order valence-corrected chi connectivity index (χ0v) is 21.7. The number of nitrogens with zero attached hydrogens (tertiary/aromatic N) is 1. The van der Waals surface area contributed by atoms with Gasteiger partial charge in [0.25, 0.3) is 0 Å². The molecule has 0 aromatic heterocycles. The summed E-state index contributed by atoms with van der Waals surface area (Å²) < 4.78 is 0.931. The maximum atomic E-state index is 13.1. The molecule has 168 valence electrons. The molecule has 2 amide bonds. The number of benzene rings is 2.